The highest BCUT2D eigenvalue weighted by molar-refractivity contribution is 6.97. The zero-order chi connectivity index (χ0) is 27.6. The van der Waals surface area contributed by atoms with Crippen LogP contribution in [0.2, 0.25) is 0 Å². The topological polar surface area (TPSA) is 12.5 Å². The molecule has 0 N–H and O–H groups in total. The van der Waals surface area contributed by atoms with Gasteiger partial charge in [0.25, 0.3) is 0 Å². The van der Waals surface area contributed by atoms with Gasteiger partial charge in [0.2, 0.25) is 6.71 Å². The van der Waals surface area contributed by atoms with Crippen LogP contribution in [0.4, 0.5) is 5.69 Å². The molecule has 0 amide bonds. The summed E-state index contributed by atoms with van der Waals surface area (Å²) in [6.07, 6.45) is 4.43. The first-order valence-electron chi connectivity index (χ1n) is 13.4. The second-order valence-corrected chi connectivity index (χ2v) is 10.8. The summed E-state index contributed by atoms with van der Waals surface area (Å²) in [7, 11) is 5.93. The highest BCUT2D eigenvalue weighted by Gasteiger charge is 2.30. The molecule has 3 heteroatoms. The summed E-state index contributed by atoms with van der Waals surface area (Å²) in [6.45, 7) is 13.5. The zero-order valence-electron chi connectivity index (χ0n) is 24.4. The molecule has 0 heterocycles. The molecular formula is C35H40BNO. The van der Waals surface area contributed by atoms with Crippen LogP contribution in [0.25, 0.3) is 12.2 Å². The molecule has 0 radical (unpaired) electrons. The van der Waals surface area contributed by atoms with E-state index in [0.29, 0.717) is 0 Å². The Hall–Kier alpha value is -3.72. The van der Waals surface area contributed by atoms with Crippen molar-refractivity contribution in [3.05, 3.63) is 111 Å². The quantitative estimate of drug-likeness (QED) is 0.218. The molecule has 0 aliphatic rings. The van der Waals surface area contributed by atoms with E-state index in [1.807, 2.05) is 12.1 Å². The lowest BCUT2D eigenvalue weighted by molar-refractivity contribution is 0.414. The first-order valence-corrected chi connectivity index (χ1v) is 13.4. The van der Waals surface area contributed by atoms with Crippen LogP contribution in [-0.2, 0) is 0 Å². The van der Waals surface area contributed by atoms with Gasteiger partial charge in [0, 0.05) is 25.3 Å². The van der Waals surface area contributed by atoms with Gasteiger partial charge >= 0.3 is 0 Å². The lowest BCUT2D eigenvalue weighted by Crippen LogP contribution is -2.56. The number of methoxy groups -OCH3 is 1. The molecule has 0 aliphatic carbocycles. The molecule has 4 aromatic rings. The third kappa shape index (κ3) is 5.58. The van der Waals surface area contributed by atoms with Gasteiger partial charge in [-0.3, -0.25) is 0 Å². The standard InChI is InChI=1S/C35H40BNO/c1-23-18-25(3)34(26(4)19-23)36(35-27(5)20-24(2)21-28(35)6)32-17-16-31(37(7)8)22-30(32)15-14-29-12-10-11-13-33(29)38-9/h10-22H,1-9H3/b15-14+. The van der Waals surface area contributed by atoms with Crippen molar-refractivity contribution < 1.29 is 4.74 Å². The molecule has 0 spiro atoms. The van der Waals surface area contributed by atoms with E-state index in [4.69, 9.17) is 4.74 Å². The predicted octanol–water partition coefficient (Wildman–Crippen LogP) is 6.30. The van der Waals surface area contributed by atoms with Crippen LogP contribution in [0, 0.1) is 41.5 Å². The molecule has 0 unspecified atom stereocenters. The molecule has 4 rings (SSSR count). The van der Waals surface area contributed by atoms with Gasteiger partial charge in [-0.05, 0) is 65.3 Å². The number of aryl methyl sites for hydroxylation is 6. The number of rotatable bonds is 7. The first-order chi connectivity index (χ1) is 18.1. The average molecular weight is 502 g/mol. The maximum absolute atomic E-state index is 5.64. The number of nitrogens with zero attached hydrogens (tertiary/aromatic N) is 1. The Balaban J connectivity index is 2.04. The SMILES string of the molecule is COc1ccccc1/C=C/c1cc(N(C)C)ccc1B(c1c(C)cc(C)cc1C)c1c(C)cc(C)cc1C. The van der Waals surface area contributed by atoms with E-state index in [0.717, 1.165) is 11.3 Å². The van der Waals surface area contributed by atoms with Gasteiger partial charge in [0.15, 0.2) is 0 Å². The molecule has 0 saturated carbocycles. The van der Waals surface area contributed by atoms with Gasteiger partial charge in [-0.15, -0.1) is 0 Å². The summed E-state index contributed by atoms with van der Waals surface area (Å²) in [4.78, 5) is 2.17. The predicted molar refractivity (Wildman–Crippen MR) is 169 cm³/mol. The minimum atomic E-state index is 0.115. The van der Waals surface area contributed by atoms with Crippen LogP contribution in [0.1, 0.15) is 44.5 Å². The van der Waals surface area contributed by atoms with Crippen LogP contribution in [0.3, 0.4) is 0 Å². The van der Waals surface area contributed by atoms with E-state index in [1.165, 1.54) is 61.0 Å². The highest BCUT2D eigenvalue weighted by Crippen LogP contribution is 2.22. The molecule has 0 aromatic heterocycles. The summed E-state index contributed by atoms with van der Waals surface area (Å²) in [5.41, 5.74) is 15.5. The summed E-state index contributed by atoms with van der Waals surface area (Å²) < 4.78 is 5.64. The van der Waals surface area contributed by atoms with Gasteiger partial charge in [-0.1, -0.05) is 110 Å². The van der Waals surface area contributed by atoms with E-state index in [9.17, 15) is 0 Å². The second-order valence-electron chi connectivity index (χ2n) is 10.8. The number of hydrogen-bond acceptors (Lipinski definition) is 2. The molecular weight excluding hydrogens is 461 g/mol. The van der Waals surface area contributed by atoms with Gasteiger partial charge in [0.1, 0.15) is 5.75 Å². The van der Waals surface area contributed by atoms with Gasteiger partial charge in [-0.2, -0.15) is 0 Å². The van der Waals surface area contributed by atoms with Crippen molar-refractivity contribution in [2.75, 3.05) is 26.1 Å². The van der Waals surface area contributed by atoms with Crippen LogP contribution in [-0.4, -0.2) is 27.9 Å². The monoisotopic (exact) mass is 501 g/mol. The Morgan fingerprint density at radius 1 is 0.632 bits per heavy atom. The van der Waals surface area contributed by atoms with Crippen LogP contribution in [0.5, 0.6) is 5.75 Å². The van der Waals surface area contributed by atoms with Crippen molar-refractivity contribution in [2.45, 2.75) is 41.5 Å². The van der Waals surface area contributed by atoms with Gasteiger partial charge in [0.05, 0.1) is 7.11 Å². The minimum absolute atomic E-state index is 0.115. The van der Waals surface area contributed by atoms with E-state index >= 15 is 0 Å². The fraction of sp³-hybridized carbons (Fsp3) is 0.257. The average Bonchev–Trinajstić information content (AvgIpc) is 2.85. The Bertz CT molecular complexity index is 1390. The maximum Gasteiger partial charge on any atom is 0.243 e. The van der Waals surface area contributed by atoms with Crippen molar-refractivity contribution in [1.82, 2.24) is 0 Å². The minimum Gasteiger partial charge on any atom is -0.496 e. The Kier molecular flexibility index (Phi) is 8.16. The van der Waals surface area contributed by atoms with E-state index < -0.39 is 0 Å². The lowest BCUT2D eigenvalue weighted by atomic mass is 9.33. The second kappa shape index (κ2) is 11.4. The van der Waals surface area contributed by atoms with E-state index in [2.05, 4.69) is 127 Å². The number of benzene rings is 4. The van der Waals surface area contributed by atoms with Crippen molar-refractivity contribution in [3.63, 3.8) is 0 Å². The van der Waals surface area contributed by atoms with Crippen LogP contribution in [0.15, 0.2) is 66.7 Å². The molecule has 4 aromatic carbocycles. The summed E-state index contributed by atoms with van der Waals surface area (Å²) >= 11 is 0. The van der Waals surface area contributed by atoms with Crippen molar-refractivity contribution in [1.29, 1.82) is 0 Å². The third-order valence-electron chi connectivity index (χ3n) is 7.53. The number of anilines is 1. The smallest absolute Gasteiger partial charge is 0.243 e. The Labute approximate surface area is 230 Å². The molecule has 0 fully saturated rings. The molecule has 0 saturated heterocycles. The fourth-order valence-electron chi connectivity index (χ4n) is 5.98. The highest BCUT2D eigenvalue weighted by atomic mass is 16.5. The molecule has 0 bridgehead atoms. The normalized spacial score (nSPS) is 11.2. The third-order valence-corrected chi connectivity index (χ3v) is 7.53. The summed E-state index contributed by atoms with van der Waals surface area (Å²) in [5.74, 6) is 0.876. The van der Waals surface area contributed by atoms with Gasteiger partial charge < -0.3 is 9.64 Å². The maximum atomic E-state index is 5.64. The van der Waals surface area contributed by atoms with Gasteiger partial charge in [-0.25, -0.2) is 0 Å². The number of ether oxygens (including phenoxy) is 1. The largest absolute Gasteiger partial charge is 0.496 e. The van der Waals surface area contributed by atoms with E-state index in [-0.39, 0.29) is 6.71 Å². The Morgan fingerprint density at radius 3 is 1.63 bits per heavy atom. The zero-order valence-corrected chi connectivity index (χ0v) is 24.4. The molecule has 0 aliphatic heterocycles. The van der Waals surface area contributed by atoms with Crippen molar-refractivity contribution in [2.24, 2.45) is 0 Å². The first kappa shape index (κ1) is 27.3. The molecule has 194 valence electrons. The number of para-hydroxylation sites is 1. The van der Waals surface area contributed by atoms with Crippen molar-refractivity contribution in [3.8, 4) is 5.75 Å². The summed E-state index contributed by atoms with van der Waals surface area (Å²) in [6, 6.07) is 24.4. The fourth-order valence-corrected chi connectivity index (χ4v) is 5.98. The van der Waals surface area contributed by atoms with Crippen LogP contribution >= 0.6 is 0 Å². The Morgan fingerprint density at radius 2 is 1.13 bits per heavy atom. The molecule has 2 nitrogen and oxygen atoms in total. The molecule has 38 heavy (non-hydrogen) atoms. The van der Waals surface area contributed by atoms with Crippen LogP contribution < -0.4 is 26.0 Å². The summed E-state index contributed by atoms with van der Waals surface area (Å²) in [5, 5.41) is 0. The van der Waals surface area contributed by atoms with E-state index in [1.54, 1.807) is 7.11 Å². The van der Waals surface area contributed by atoms with Crippen molar-refractivity contribution >= 4 is 40.9 Å². The lowest BCUT2D eigenvalue weighted by Gasteiger charge is -2.26. The number of hydrogen-bond donors (Lipinski definition) is 0. The molecule has 0 atom stereocenters.